The number of rotatable bonds is 11. The summed E-state index contributed by atoms with van der Waals surface area (Å²) in [6.07, 6.45) is -3.13. The third-order valence-electron chi connectivity index (χ3n) is 6.76. The van der Waals surface area contributed by atoms with E-state index in [1.807, 2.05) is 13.8 Å². The molecule has 0 atom stereocenters. The lowest BCUT2D eigenvalue weighted by Crippen LogP contribution is -2.35. The van der Waals surface area contributed by atoms with Gasteiger partial charge in [-0.25, -0.2) is 4.98 Å². The molecule has 11 nitrogen and oxygen atoms in total. The smallest absolute Gasteiger partial charge is 0.399 e. The number of halogens is 3. The monoisotopic (exact) mass is 634 g/mol. The molecule has 0 aliphatic rings. The molecule has 0 unspecified atom stereocenters. The van der Waals surface area contributed by atoms with Gasteiger partial charge in [0.15, 0.2) is 5.82 Å². The predicted octanol–water partition coefficient (Wildman–Crippen LogP) is 3.86. The van der Waals surface area contributed by atoms with E-state index in [9.17, 15) is 27.6 Å². The molecule has 1 heterocycles. The Bertz CT molecular complexity index is 1820. The quantitative estimate of drug-likeness (QED) is 0.0823. The van der Waals surface area contributed by atoms with Crippen molar-refractivity contribution in [3.63, 3.8) is 0 Å². The third-order valence-corrected chi connectivity index (χ3v) is 6.76. The second-order valence-electron chi connectivity index (χ2n) is 10.8. The lowest BCUT2D eigenvalue weighted by atomic mass is 10.1. The molecular formula is C32H33F3N8O3. The van der Waals surface area contributed by atoms with E-state index in [0.29, 0.717) is 11.1 Å². The molecule has 0 saturated carbocycles. The topological polar surface area (TPSA) is 181 Å². The minimum atomic E-state index is -4.52. The van der Waals surface area contributed by atoms with Crippen LogP contribution in [0.25, 0.3) is 11.3 Å². The standard InChI is InChI=1S/C32H33F3N8O3/c1-18(2)42-29-31(46)43(17-27(44)39-14-19-6-8-21(9-7-19)28(37)38)26(16-40-29)22-11-23(13-25(36)12-22)30(45)41-15-20-4-3-5-24(10-20)32(33,34)35/h3-13,16,18H,14-15,17,36H2,1-2H3,(H3,37,38)(H,39,44)(H,40,42)(H,41,45). The molecule has 14 heteroatoms. The predicted molar refractivity (Wildman–Crippen MR) is 169 cm³/mol. The lowest BCUT2D eigenvalue weighted by Gasteiger charge is -2.17. The number of nitrogens with zero attached hydrogens (tertiary/aromatic N) is 2. The van der Waals surface area contributed by atoms with Crippen molar-refractivity contribution < 1.29 is 22.8 Å². The highest BCUT2D eigenvalue weighted by molar-refractivity contribution is 5.96. The second kappa shape index (κ2) is 14.0. The van der Waals surface area contributed by atoms with Crippen molar-refractivity contribution in [1.29, 1.82) is 5.41 Å². The Morgan fingerprint density at radius 2 is 1.65 bits per heavy atom. The Balaban J connectivity index is 1.59. The first-order valence-electron chi connectivity index (χ1n) is 14.1. The van der Waals surface area contributed by atoms with Crippen LogP contribution in [0.15, 0.2) is 77.7 Å². The maximum atomic E-state index is 13.5. The zero-order valence-electron chi connectivity index (χ0n) is 25.0. The van der Waals surface area contributed by atoms with Crippen molar-refractivity contribution in [2.45, 2.75) is 45.7 Å². The van der Waals surface area contributed by atoms with Crippen LogP contribution in [0.5, 0.6) is 0 Å². The van der Waals surface area contributed by atoms with Crippen molar-refractivity contribution in [3.05, 3.63) is 111 Å². The van der Waals surface area contributed by atoms with Gasteiger partial charge in [-0.15, -0.1) is 0 Å². The summed E-state index contributed by atoms with van der Waals surface area (Å²) in [5.41, 5.74) is 12.5. The largest absolute Gasteiger partial charge is 0.416 e. The summed E-state index contributed by atoms with van der Waals surface area (Å²) in [4.78, 5) is 43.9. The van der Waals surface area contributed by atoms with Crippen molar-refractivity contribution in [2.75, 3.05) is 11.1 Å². The summed E-state index contributed by atoms with van der Waals surface area (Å²) in [5, 5.41) is 15.8. The Hall–Kier alpha value is -5.66. The van der Waals surface area contributed by atoms with Crippen molar-refractivity contribution in [1.82, 2.24) is 20.2 Å². The van der Waals surface area contributed by atoms with Crippen molar-refractivity contribution in [2.24, 2.45) is 5.73 Å². The van der Waals surface area contributed by atoms with Crippen molar-refractivity contribution in [3.8, 4) is 11.3 Å². The van der Waals surface area contributed by atoms with Crippen LogP contribution in [0.1, 0.15) is 46.5 Å². The van der Waals surface area contributed by atoms with Crippen LogP contribution in [0.2, 0.25) is 0 Å². The Kier molecular flexibility index (Phi) is 10.1. The number of carbonyl (C=O) groups is 2. The Morgan fingerprint density at radius 1 is 0.957 bits per heavy atom. The van der Waals surface area contributed by atoms with Crippen LogP contribution in [-0.4, -0.2) is 33.2 Å². The highest BCUT2D eigenvalue weighted by Gasteiger charge is 2.30. The van der Waals surface area contributed by atoms with Gasteiger partial charge in [0, 0.05) is 41.5 Å². The van der Waals surface area contributed by atoms with Crippen LogP contribution in [0.4, 0.5) is 24.7 Å². The first-order chi connectivity index (χ1) is 21.7. The van der Waals surface area contributed by atoms with E-state index >= 15 is 0 Å². The molecule has 4 rings (SSSR count). The zero-order valence-corrected chi connectivity index (χ0v) is 25.0. The van der Waals surface area contributed by atoms with E-state index in [2.05, 4.69) is 20.9 Å². The van der Waals surface area contributed by atoms with Crippen LogP contribution in [-0.2, 0) is 30.6 Å². The molecule has 0 aliphatic carbocycles. The zero-order chi connectivity index (χ0) is 33.6. The first kappa shape index (κ1) is 33.2. The maximum Gasteiger partial charge on any atom is 0.416 e. The number of aromatic nitrogens is 2. The van der Waals surface area contributed by atoms with Crippen LogP contribution in [0.3, 0.4) is 0 Å². The molecule has 1 aromatic heterocycles. The van der Waals surface area contributed by atoms with Gasteiger partial charge in [-0.05, 0) is 55.3 Å². The summed E-state index contributed by atoms with van der Waals surface area (Å²) in [7, 11) is 0. The number of nitrogens with two attached hydrogens (primary N) is 2. The van der Waals surface area contributed by atoms with Gasteiger partial charge >= 0.3 is 6.18 Å². The SMILES string of the molecule is CC(C)Nc1ncc(-c2cc(N)cc(C(=O)NCc3cccc(C(F)(F)F)c3)c2)n(CC(=O)NCc2ccc(C(=N)N)cc2)c1=O. The van der Waals surface area contributed by atoms with E-state index in [-0.39, 0.29) is 59.8 Å². The lowest BCUT2D eigenvalue weighted by molar-refractivity contribution is -0.137. The minimum Gasteiger partial charge on any atom is -0.399 e. The summed E-state index contributed by atoms with van der Waals surface area (Å²) in [6.45, 7) is 3.24. The number of hydrogen-bond acceptors (Lipinski definition) is 7. The van der Waals surface area contributed by atoms with E-state index in [1.165, 1.54) is 41.1 Å². The molecule has 0 spiro atoms. The van der Waals surface area contributed by atoms with Gasteiger partial charge in [0.25, 0.3) is 11.5 Å². The summed E-state index contributed by atoms with van der Waals surface area (Å²) >= 11 is 0. The van der Waals surface area contributed by atoms with E-state index in [0.717, 1.165) is 17.7 Å². The summed E-state index contributed by atoms with van der Waals surface area (Å²) < 4.78 is 40.5. The number of hydrogen-bond donors (Lipinski definition) is 6. The molecule has 0 saturated heterocycles. The number of nitrogen functional groups attached to an aromatic ring is 2. The van der Waals surface area contributed by atoms with Gasteiger partial charge in [-0.2, -0.15) is 13.2 Å². The van der Waals surface area contributed by atoms with Gasteiger partial charge in [0.1, 0.15) is 12.4 Å². The average molecular weight is 635 g/mol. The molecule has 0 fully saturated rings. The van der Waals surface area contributed by atoms with E-state index in [4.69, 9.17) is 16.9 Å². The van der Waals surface area contributed by atoms with Gasteiger partial charge in [0.2, 0.25) is 5.91 Å². The van der Waals surface area contributed by atoms with Crippen molar-refractivity contribution >= 4 is 29.2 Å². The van der Waals surface area contributed by atoms with Gasteiger partial charge in [-0.3, -0.25) is 24.4 Å². The molecule has 4 aromatic rings. The minimum absolute atomic E-state index is 0.0225. The maximum absolute atomic E-state index is 13.5. The molecule has 46 heavy (non-hydrogen) atoms. The van der Waals surface area contributed by atoms with Crippen LogP contribution >= 0.6 is 0 Å². The number of anilines is 2. The number of benzene rings is 3. The number of carbonyl (C=O) groups excluding carboxylic acids is 2. The Labute approximate surface area is 262 Å². The van der Waals surface area contributed by atoms with E-state index in [1.54, 1.807) is 24.3 Å². The number of amides is 2. The molecule has 3 aromatic carbocycles. The summed E-state index contributed by atoms with van der Waals surface area (Å²) in [5.74, 6) is -1.15. The number of amidine groups is 1. The molecule has 8 N–H and O–H groups in total. The molecule has 2 amide bonds. The highest BCUT2D eigenvalue weighted by atomic mass is 19.4. The molecule has 0 radical (unpaired) electrons. The molecular weight excluding hydrogens is 601 g/mol. The molecule has 0 bridgehead atoms. The summed E-state index contributed by atoms with van der Waals surface area (Å²) in [6, 6.07) is 15.6. The molecule has 240 valence electrons. The van der Waals surface area contributed by atoms with Gasteiger partial charge in [0.05, 0.1) is 17.5 Å². The average Bonchev–Trinajstić information content (AvgIpc) is 3.00. The highest BCUT2D eigenvalue weighted by Crippen LogP contribution is 2.29. The fraction of sp³-hybridized carbons (Fsp3) is 0.219. The number of alkyl halides is 3. The fourth-order valence-electron chi connectivity index (χ4n) is 4.52. The third kappa shape index (κ3) is 8.49. The van der Waals surface area contributed by atoms with E-state index < -0.39 is 29.1 Å². The fourth-order valence-corrected chi connectivity index (χ4v) is 4.52. The second-order valence-corrected chi connectivity index (χ2v) is 10.8. The van der Waals surface area contributed by atoms with Gasteiger partial charge < -0.3 is 27.4 Å². The van der Waals surface area contributed by atoms with Crippen LogP contribution < -0.4 is 33.0 Å². The van der Waals surface area contributed by atoms with Gasteiger partial charge in [-0.1, -0.05) is 36.4 Å². The molecule has 0 aliphatic heterocycles. The number of nitrogens with one attached hydrogen (secondary N) is 4. The Morgan fingerprint density at radius 3 is 2.30 bits per heavy atom. The normalized spacial score (nSPS) is 11.3. The first-order valence-corrected chi connectivity index (χ1v) is 14.1. The van der Waals surface area contributed by atoms with Crippen LogP contribution in [0, 0.1) is 5.41 Å².